The first-order valence-corrected chi connectivity index (χ1v) is 8.07. The molecule has 1 aromatic heterocycles. The zero-order valence-corrected chi connectivity index (χ0v) is 13.3. The maximum atomic E-state index is 12.3. The molecule has 0 radical (unpaired) electrons. The molecule has 1 amide bonds. The van der Waals surface area contributed by atoms with E-state index in [1.165, 1.54) is 11.4 Å². The second kappa shape index (κ2) is 7.69. The van der Waals surface area contributed by atoms with Crippen LogP contribution in [0.5, 0.6) is 5.75 Å². The van der Waals surface area contributed by atoms with Gasteiger partial charge in [-0.15, -0.1) is 11.3 Å². The Kier molecular flexibility index (Phi) is 5.89. The molecule has 6 nitrogen and oxygen atoms in total. The largest absolute Gasteiger partial charge is 0.480 e. The average molecular weight is 348 g/mol. The predicted molar refractivity (Wildman–Crippen MR) is 80.1 cm³/mol. The van der Waals surface area contributed by atoms with Crippen LogP contribution in [0.1, 0.15) is 29.4 Å². The molecule has 2 rings (SSSR count). The van der Waals surface area contributed by atoms with Crippen molar-refractivity contribution < 1.29 is 28.2 Å². The molecule has 0 unspecified atom stereocenters. The normalized spacial score (nSPS) is 20.4. The molecular formula is C14H18F2N2O4S. The number of halogens is 2. The molecule has 0 aliphatic heterocycles. The Labute approximate surface area is 136 Å². The maximum absolute atomic E-state index is 12.3. The van der Waals surface area contributed by atoms with E-state index in [9.17, 15) is 18.4 Å². The van der Waals surface area contributed by atoms with Crippen molar-refractivity contribution in [1.82, 2.24) is 10.2 Å². The molecular weight excluding hydrogens is 330 g/mol. The highest BCUT2D eigenvalue weighted by Crippen LogP contribution is 2.29. The summed E-state index contributed by atoms with van der Waals surface area (Å²) >= 11 is 1.04. The third-order valence-electron chi connectivity index (χ3n) is 3.76. The fourth-order valence-electron chi connectivity index (χ4n) is 2.58. The van der Waals surface area contributed by atoms with Crippen molar-refractivity contribution in [3.8, 4) is 5.75 Å². The summed E-state index contributed by atoms with van der Waals surface area (Å²) in [6, 6.07) is 1.36. The number of hydrogen-bond acceptors (Lipinski definition) is 5. The number of carboxylic acid groups (broad SMARTS) is 1. The first-order valence-electron chi connectivity index (χ1n) is 7.19. The van der Waals surface area contributed by atoms with Gasteiger partial charge >= 0.3 is 12.6 Å². The summed E-state index contributed by atoms with van der Waals surface area (Å²) in [5, 5.41) is 13.1. The molecule has 1 fully saturated rings. The number of carbonyl (C=O) groups is 2. The van der Waals surface area contributed by atoms with E-state index in [-0.39, 0.29) is 29.3 Å². The van der Waals surface area contributed by atoms with Gasteiger partial charge in [-0.05, 0) is 30.8 Å². The van der Waals surface area contributed by atoms with Gasteiger partial charge in [0.25, 0.3) is 5.91 Å². The van der Waals surface area contributed by atoms with E-state index >= 15 is 0 Å². The highest BCUT2D eigenvalue weighted by molar-refractivity contribution is 7.12. The predicted octanol–water partition coefficient (Wildman–Crippen LogP) is 2.02. The Morgan fingerprint density at radius 3 is 2.78 bits per heavy atom. The summed E-state index contributed by atoms with van der Waals surface area (Å²) < 4.78 is 28.8. The van der Waals surface area contributed by atoms with Crippen molar-refractivity contribution in [3.05, 3.63) is 16.3 Å². The molecule has 0 atom stereocenters. The second-order valence-corrected chi connectivity index (χ2v) is 6.16. The molecule has 1 aliphatic carbocycles. The van der Waals surface area contributed by atoms with E-state index in [0.29, 0.717) is 19.4 Å². The van der Waals surface area contributed by atoms with Crippen molar-refractivity contribution in [2.75, 3.05) is 13.1 Å². The standard InChI is InChI=1S/C14H18F2N2O4S/c1-2-18(7-11(19)20)9-5-8(6-9)17-13(21)12-10(3-4-23-12)22-14(15)16/h3-4,8-9,14H,2,5-7H2,1H3,(H,17,21)(H,19,20). The van der Waals surface area contributed by atoms with Gasteiger partial charge in [-0.3, -0.25) is 14.5 Å². The van der Waals surface area contributed by atoms with Gasteiger partial charge in [0.05, 0.1) is 6.54 Å². The van der Waals surface area contributed by atoms with Gasteiger partial charge in [-0.25, -0.2) is 0 Å². The van der Waals surface area contributed by atoms with Crippen molar-refractivity contribution in [3.63, 3.8) is 0 Å². The number of rotatable bonds is 8. The number of hydrogen-bond donors (Lipinski definition) is 2. The van der Waals surface area contributed by atoms with Crippen LogP contribution in [0.15, 0.2) is 11.4 Å². The lowest BCUT2D eigenvalue weighted by molar-refractivity contribution is -0.139. The van der Waals surface area contributed by atoms with E-state index in [0.717, 1.165) is 11.3 Å². The van der Waals surface area contributed by atoms with Gasteiger partial charge in [0.15, 0.2) is 0 Å². The van der Waals surface area contributed by atoms with E-state index in [4.69, 9.17) is 5.11 Å². The van der Waals surface area contributed by atoms with Crippen molar-refractivity contribution >= 4 is 23.2 Å². The highest BCUT2D eigenvalue weighted by atomic mass is 32.1. The van der Waals surface area contributed by atoms with Crippen LogP contribution in [0.3, 0.4) is 0 Å². The minimum absolute atomic E-state index is 0.0286. The monoisotopic (exact) mass is 348 g/mol. The molecule has 23 heavy (non-hydrogen) atoms. The van der Waals surface area contributed by atoms with Crippen LogP contribution < -0.4 is 10.1 Å². The summed E-state index contributed by atoms with van der Waals surface area (Å²) in [6.45, 7) is -0.499. The van der Waals surface area contributed by atoms with Gasteiger partial charge in [0.2, 0.25) is 0 Å². The number of carboxylic acids is 1. The number of nitrogens with one attached hydrogen (secondary N) is 1. The first-order chi connectivity index (χ1) is 10.9. The molecule has 9 heteroatoms. The Morgan fingerprint density at radius 2 is 2.22 bits per heavy atom. The number of carbonyl (C=O) groups excluding carboxylic acids is 1. The topological polar surface area (TPSA) is 78.9 Å². The molecule has 0 bridgehead atoms. The molecule has 0 aromatic carbocycles. The number of thiophene rings is 1. The van der Waals surface area contributed by atoms with E-state index in [1.807, 2.05) is 11.8 Å². The Morgan fingerprint density at radius 1 is 1.52 bits per heavy atom. The minimum Gasteiger partial charge on any atom is -0.480 e. The molecule has 0 spiro atoms. The number of amides is 1. The zero-order chi connectivity index (χ0) is 17.0. The molecule has 1 saturated carbocycles. The van der Waals surface area contributed by atoms with Crippen molar-refractivity contribution in [1.29, 1.82) is 0 Å². The number of ether oxygens (including phenoxy) is 1. The van der Waals surface area contributed by atoms with Crippen LogP contribution >= 0.6 is 11.3 Å². The molecule has 128 valence electrons. The fraction of sp³-hybridized carbons (Fsp3) is 0.571. The quantitative estimate of drug-likeness (QED) is 0.751. The Hall–Kier alpha value is -1.74. The first kappa shape index (κ1) is 17.6. The van der Waals surface area contributed by atoms with Crippen molar-refractivity contribution in [2.45, 2.75) is 38.5 Å². The van der Waals surface area contributed by atoms with Crippen LogP contribution in [-0.2, 0) is 4.79 Å². The molecule has 1 aromatic rings. The second-order valence-electron chi connectivity index (χ2n) is 5.24. The number of nitrogens with zero attached hydrogens (tertiary/aromatic N) is 1. The van der Waals surface area contributed by atoms with Crippen LogP contribution in [0.2, 0.25) is 0 Å². The van der Waals surface area contributed by atoms with Gasteiger partial charge in [-0.1, -0.05) is 6.92 Å². The Bertz CT molecular complexity index is 561. The lowest BCUT2D eigenvalue weighted by Crippen LogP contribution is -2.54. The van der Waals surface area contributed by atoms with Crippen LogP contribution in [-0.4, -0.2) is 53.7 Å². The fourth-order valence-corrected chi connectivity index (χ4v) is 3.31. The summed E-state index contributed by atoms with van der Waals surface area (Å²) in [5.41, 5.74) is 0. The number of likely N-dealkylation sites (N-methyl/N-ethyl adjacent to an activating group) is 1. The molecule has 2 N–H and O–H groups in total. The van der Waals surface area contributed by atoms with Crippen molar-refractivity contribution in [2.24, 2.45) is 0 Å². The lowest BCUT2D eigenvalue weighted by atomic mass is 9.85. The van der Waals surface area contributed by atoms with Gasteiger partial charge < -0.3 is 15.2 Å². The summed E-state index contributed by atoms with van der Waals surface area (Å²) in [6.07, 6.45) is 1.28. The summed E-state index contributed by atoms with van der Waals surface area (Å²) in [7, 11) is 0. The highest BCUT2D eigenvalue weighted by Gasteiger charge is 2.35. The summed E-state index contributed by atoms with van der Waals surface area (Å²) in [5.74, 6) is -1.45. The van der Waals surface area contributed by atoms with Gasteiger partial charge in [0, 0.05) is 12.1 Å². The molecule has 1 heterocycles. The smallest absolute Gasteiger partial charge is 0.387 e. The minimum atomic E-state index is -2.97. The summed E-state index contributed by atoms with van der Waals surface area (Å²) in [4.78, 5) is 24.8. The lowest BCUT2D eigenvalue weighted by Gasteiger charge is -2.42. The third-order valence-corrected chi connectivity index (χ3v) is 4.66. The van der Waals surface area contributed by atoms with Gasteiger partial charge in [-0.2, -0.15) is 8.78 Å². The van der Waals surface area contributed by atoms with Crippen LogP contribution in [0.4, 0.5) is 8.78 Å². The number of aliphatic carboxylic acids is 1. The molecule has 1 aliphatic rings. The molecule has 0 saturated heterocycles. The van der Waals surface area contributed by atoms with Gasteiger partial charge in [0.1, 0.15) is 10.6 Å². The average Bonchev–Trinajstić information content (AvgIpc) is 2.87. The van der Waals surface area contributed by atoms with Crippen LogP contribution in [0.25, 0.3) is 0 Å². The maximum Gasteiger partial charge on any atom is 0.387 e. The van der Waals surface area contributed by atoms with E-state index in [2.05, 4.69) is 10.1 Å². The Balaban J connectivity index is 1.84. The van der Waals surface area contributed by atoms with Crippen LogP contribution in [0, 0.1) is 0 Å². The SMILES string of the molecule is CCN(CC(=O)O)C1CC(NC(=O)c2sccc2OC(F)F)C1. The number of alkyl halides is 2. The third kappa shape index (κ3) is 4.61. The van der Waals surface area contributed by atoms with E-state index in [1.54, 1.807) is 0 Å². The zero-order valence-electron chi connectivity index (χ0n) is 12.5. The van der Waals surface area contributed by atoms with E-state index < -0.39 is 18.5 Å².